The first kappa shape index (κ1) is 23.0. The summed E-state index contributed by atoms with van der Waals surface area (Å²) in [5, 5.41) is 16.1. The van der Waals surface area contributed by atoms with Crippen LogP contribution in [0.2, 0.25) is 10.0 Å². The molecule has 1 heterocycles. The van der Waals surface area contributed by atoms with Crippen LogP contribution >= 0.6 is 35.0 Å². The Morgan fingerprint density at radius 3 is 2.71 bits per heavy atom. The minimum absolute atomic E-state index is 0.0143. The van der Waals surface area contributed by atoms with Gasteiger partial charge in [0.25, 0.3) is 0 Å². The molecule has 0 fully saturated rings. The number of hydrogen-bond donors (Lipinski definition) is 2. The molecule has 0 saturated heterocycles. The summed E-state index contributed by atoms with van der Waals surface area (Å²) in [5.41, 5.74) is 1.65. The zero-order valence-corrected chi connectivity index (χ0v) is 18.9. The lowest BCUT2D eigenvalue weighted by Gasteiger charge is -2.25. The molecule has 0 radical (unpaired) electrons. The minimum Gasteiger partial charge on any atom is -0.494 e. The van der Waals surface area contributed by atoms with E-state index < -0.39 is 0 Å². The van der Waals surface area contributed by atoms with E-state index in [4.69, 9.17) is 27.9 Å². The van der Waals surface area contributed by atoms with E-state index in [1.54, 1.807) is 18.2 Å². The number of hydrogen-bond acceptors (Lipinski definition) is 5. The fraction of sp³-hybridized carbons (Fsp3) is 0.227. The first-order valence-corrected chi connectivity index (χ1v) is 11.2. The van der Waals surface area contributed by atoms with E-state index in [0.717, 1.165) is 23.1 Å². The van der Waals surface area contributed by atoms with Gasteiger partial charge in [-0.2, -0.15) is 5.26 Å². The molecule has 1 aliphatic heterocycles. The number of halogens is 2. The van der Waals surface area contributed by atoms with Crippen LogP contribution in [-0.2, 0) is 9.59 Å². The number of amides is 2. The molecular formula is C22H19Cl2N3O3S. The van der Waals surface area contributed by atoms with Crippen LogP contribution in [0.15, 0.2) is 53.1 Å². The summed E-state index contributed by atoms with van der Waals surface area (Å²) in [4.78, 5) is 24.7. The molecule has 0 spiro atoms. The molecule has 0 aliphatic carbocycles. The Morgan fingerprint density at radius 2 is 2.03 bits per heavy atom. The first-order chi connectivity index (χ1) is 14.9. The highest BCUT2D eigenvalue weighted by molar-refractivity contribution is 8.03. The Kier molecular flexibility index (Phi) is 7.85. The SMILES string of the molecule is CCOc1ccc([C@@H]2CC(=O)NC(SCC(=O)Nc3cccc(Cl)c3Cl)=C2C#N)cc1. The van der Waals surface area contributed by atoms with E-state index in [1.807, 2.05) is 31.2 Å². The van der Waals surface area contributed by atoms with Crippen molar-refractivity contribution in [1.82, 2.24) is 5.32 Å². The number of nitrogens with one attached hydrogen (secondary N) is 2. The van der Waals surface area contributed by atoms with Crippen molar-refractivity contribution in [3.8, 4) is 11.8 Å². The van der Waals surface area contributed by atoms with Gasteiger partial charge in [-0.3, -0.25) is 9.59 Å². The summed E-state index contributed by atoms with van der Waals surface area (Å²) in [6.45, 7) is 2.45. The number of allylic oxidation sites excluding steroid dienone is 1. The van der Waals surface area contributed by atoms with E-state index in [0.29, 0.717) is 27.9 Å². The number of anilines is 1. The van der Waals surface area contributed by atoms with Crippen LogP contribution in [0.5, 0.6) is 5.75 Å². The number of ether oxygens (including phenoxy) is 1. The largest absolute Gasteiger partial charge is 0.494 e. The van der Waals surface area contributed by atoms with Crippen LogP contribution in [0.1, 0.15) is 24.8 Å². The Bertz CT molecular complexity index is 1060. The molecule has 1 aliphatic rings. The monoisotopic (exact) mass is 475 g/mol. The molecule has 6 nitrogen and oxygen atoms in total. The standard InChI is InChI=1S/C22H19Cl2N3O3S/c1-2-30-14-8-6-13(7-9-14)15-10-19(28)27-22(16(15)11-25)31-12-20(29)26-18-5-3-4-17(23)21(18)24/h3-9,15H,2,10,12H2,1H3,(H,26,29)(H,27,28)/t15-/m0/s1. The summed E-state index contributed by atoms with van der Waals surface area (Å²) in [5.74, 6) is -0.225. The van der Waals surface area contributed by atoms with Crippen molar-refractivity contribution in [3.05, 3.63) is 68.7 Å². The summed E-state index contributed by atoms with van der Waals surface area (Å²) < 4.78 is 5.45. The number of carbonyl (C=O) groups excluding carboxylic acids is 2. The molecule has 1 atom stereocenters. The predicted octanol–water partition coefficient (Wildman–Crippen LogP) is 5.10. The van der Waals surface area contributed by atoms with Crippen molar-refractivity contribution in [2.75, 3.05) is 17.7 Å². The summed E-state index contributed by atoms with van der Waals surface area (Å²) in [6, 6.07) is 14.5. The maximum absolute atomic E-state index is 12.4. The second-order valence-electron chi connectivity index (χ2n) is 6.60. The lowest BCUT2D eigenvalue weighted by molar-refractivity contribution is -0.121. The summed E-state index contributed by atoms with van der Waals surface area (Å²) in [6.07, 6.45) is 0.158. The Balaban J connectivity index is 1.75. The molecular weight excluding hydrogens is 457 g/mol. The molecule has 2 aromatic carbocycles. The average molecular weight is 476 g/mol. The Morgan fingerprint density at radius 1 is 1.29 bits per heavy atom. The van der Waals surface area contributed by atoms with Gasteiger partial charge in [0, 0.05) is 12.3 Å². The Hall–Kier alpha value is -2.66. The van der Waals surface area contributed by atoms with E-state index >= 15 is 0 Å². The highest BCUT2D eigenvalue weighted by atomic mass is 35.5. The van der Waals surface area contributed by atoms with Crippen molar-refractivity contribution >= 4 is 52.5 Å². The molecule has 160 valence electrons. The quantitative estimate of drug-likeness (QED) is 0.580. The molecule has 0 saturated carbocycles. The molecule has 3 rings (SSSR count). The molecule has 0 bridgehead atoms. The van der Waals surface area contributed by atoms with Gasteiger partial charge in [-0.25, -0.2) is 0 Å². The van der Waals surface area contributed by atoms with Crippen LogP contribution in [0.25, 0.3) is 0 Å². The van der Waals surface area contributed by atoms with Crippen molar-refractivity contribution in [2.24, 2.45) is 0 Å². The third-order valence-corrected chi connectivity index (χ3v) is 6.36. The molecule has 0 aromatic heterocycles. The maximum Gasteiger partial charge on any atom is 0.234 e. The number of carbonyl (C=O) groups is 2. The number of rotatable bonds is 7. The molecule has 2 N–H and O–H groups in total. The molecule has 2 aromatic rings. The number of thioether (sulfide) groups is 1. The number of benzene rings is 2. The van der Waals surface area contributed by atoms with Crippen LogP contribution < -0.4 is 15.4 Å². The highest BCUT2D eigenvalue weighted by Gasteiger charge is 2.30. The zero-order valence-electron chi connectivity index (χ0n) is 16.6. The highest BCUT2D eigenvalue weighted by Crippen LogP contribution is 2.36. The fourth-order valence-corrected chi connectivity index (χ4v) is 4.33. The number of nitrogens with zero attached hydrogens (tertiary/aromatic N) is 1. The lowest BCUT2D eigenvalue weighted by atomic mass is 9.87. The van der Waals surface area contributed by atoms with Gasteiger partial charge in [-0.05, 0) is 36.8 Å². The third kappa shape index (κ3) is 5.73. The summed E-state index contributed by atoms with van der Waals surface area (Å²) in [7, 11) is 0. The lowest BCUT2D eigenvalue weighted by Crippen LogP contribution is -2.31. The fourth-order valence-electron chi connectivity index (χ4n) is 3.11. The van der Waals surface area contributed by atoms with E-state index in [1.165, 1.54) is 0 Å². The topological polar surface area (TPSA) is 91.2 Å². The second-order valence-corrected chi connectivity index (χ2v) is 8.37. The van der Waals surface area contributed by atoms with Gasteiger partial charge in [-0.1, -0.05) is 53.2 Å². The normalized spacial score (nSPS) is 15.8. The second kappa shape index (κ2) is 10.6. The van der Waals surface area contributed by atoms with Crippen LogP contribution in [0.4, 0.5) is 5.69 Å². The van der Waals surface area contributed by atoms with Crippen LogP contribution in [-0.4, -0.2) is 24.2 Å². The minimum atomic E-state index is -0.387. The summed E-state index contributed by atoms with van der Waals surface area (Å²) >= 11 is 13.2. The third-order valence-electron chi connectivity index (χ3n) is 4.52. The van der Waals surface area contributed by atoms with Gasteiger partial charge in [0.05, 0.1) is 44.8 Å². The van der Waals surface area contributed by atoms with Gasteiger partial charge in [-0.15, -0.1) is 0 Å². The number of nitriles is 1. The van der Waals surface area contributed by atoms with E-state index in [-0.39, 0.29) is 34.9 Å². The zero-order chi connectivity index (χ0) is 22.4. The molecule has 0 unspecified atom stereocenters. The average Bonchev–Trinajstić information content (AvgIpc) is 2.76. The van der Waals surface area contributed by atoms with Gasteiger partial charge in [0.15, 0.2) is 0 Å². The van der Waals surface area contributed by atoms with Crippen molar-refractivity contribution in [2.45, 2.75) is 19.3 Å². The molecule has 9 heteroatoms. The van der Waals surface area contributed by atoms with E-state index in [9.17, 15) is 14.9 Å². The smallest absolute Gasteiger partial charge is 0.234 e. The molecule has 31 heavy (non-hydrogen) atoms. The predicted molar refractivity (Wildman–Crippen MR) is 123 cm³/mol. The van der Waals surface area contributed by atoms with Gasteiger partial charge >= 0.3 is 0 Å². The van der Waals surface area contributed by atoms with Crippen molar-refractivity contribution in [1.29, 1.82) is 5.26 Å². The van der Waals surface area contributed by atoms with Crippen molar-refractivity contribution in [3.63, 3.8) is 0 Å². The van der Waals surface area contributed by atoms with Gasteiger partial charge < -0.3 is 15.4 Å². The van der Waals surface area contributed by atoms with Crippen LogP contribution in [0, 0.1) is 11.3 Å². The maximum atomic E-state index is 12.4. The van der Waals surface area contributed by atoms with Crippen LogP contribution in [0.3, 0.4) is 0 Å². The van der Waals surface area contributed by atoms with E-state index in [2.05, 4.69) is 16.7 Å². The van der Waals surface area contributed by atoms with Gasteiger partial charge in [0.2, 0.25) is 11.8 Å². The molecule has 2 amide bonds. The first-order valence-electron chi connectivity index (χ1n) is 9.46. The van der Waals surface area contributed by atoms with Gasteiger partial charge in [0.1, 0.15) is 5.75 Å². The Labute approximate surface area is 194 Å². The van der Waals surface area contributed by atoms with Crippen molar-refractivity contribution < 1.29 is 14.3 Å².